The van der Waals surface area contributed by atoms with Gasteiger partial charge in [0.2, 0.25) is 11.8 Å². The van der Waals surface area contributed by atoms with Crippen molar-refractivity contribution < 1.29 is 14.3 Å². The lowest BCUT2D eigenvalue weighted by Gasteiger charge is -2.26. The van der Waals surface area contributed by atoms with Crippen LogP contribution in [0.4, 0.5) is 0 Å². The van der Waals surface area contributed by atoms with E-state index in [9.17, 15) is 9.59 Å². The summed E-state index contributed by atoms with van der Waals surface area (Å²) in [5.41, 5.74) is 1.47. The van der Waals surface area contributed by atoms with Gasteiger partial charge in [0, 0.05) is 52.6 Å². The van der Waals surface area contributed by atoms with Crippen LogP contribution in [0.25, 0.3) is 0 Å². The summed E-state index contributed by atoms with van der Waals surface area (Å²) in [6.07, 6.45) is 8.51. The van der Waals surface area contributed by atoms with E-state index in [1.165, 1.54) is 24.8 Å². The Balaban J connectivity index is 1.61. The number of carbonyl (C=O) groups is 2. The van der Waals surface area contributed by atoms with E-state index in [4.69, 9.17) is 4.74 Å². The van der Waals surface area contributed by atoms with Gasteiger partial charge in [0.1, 0.15) is 0 Å². The Labute approximate surface area is 151 Å². The summed E-state index contributed by atoms with van der Waals surface area (Å²) in [6.45, 7) is 7.76. The predicted octanol–water partition coefficient (Wildman–Crippen LogP) is 1.56. The van der Waals surface area contributed by atoms with E-state index in [0.29, 0.717) is 19.5 Å². The molecule has 0 unspecified atom stereocenters. The molecule has 1 heterocycles. The maximum Gasteiger partial charge on any atom is 0.221 e. The molecule has 1 aliphatic heterocycles. The van der Waals surface area contributed by atoms with Crippen molar-refractivity contribution in [3.05, 3.63) is 11.6 Å². The lowest BCUT2D eigenvalue weighted by Crippen LogP contribution is -2.42. The normalized spacial score (nSPS) is 18.5. The molecule has 6 nitrogen and oxygen atoms in total. The van der Waals surface area contributed by atoms with Gasteiger partial charge in [-0.1, -0.05) is 11.6 Å². The van der Waals surface area contributed by atoms with Crippen LogP contribution >= 0.6 is 0 Å². The molecule has 1 saturated heterocycles. The van der Waals surface area contributed by atoms with E-state index >= 15 is 0 Å². The van der Waals surface area contributed by atoms with Crippen LogP contribution in [-0.2, 0) is 14.3 Å². The van der Waals surface area contributed by atoms with Crippen LogP contribution in [0.15, 0.2) is 11.6 Å². The summed E-state index contributed by atoms with van der Waals surface area (Å²) < 4.78 is 5.31. The summed E-state index contributed by atoms with van der Waals surface area (Å²) in [6, 6.07) is 0. The van der Waals surface area contributed by atoms with E-state index in [0.717, 1.165) is 52.2 Å². The van der Waals surface area contributed by atoms with Crippen molar-refractivity contribution in [2.24, 2.45) is 0 Å². The molecule has 0 aromatic carbocycles. The molecular formula is C19H33N3O3. The third-order valence-corrected chi connectivity index (χ3v) is 5.00. The van der Waals surface area contributed by atoms with Crippen molar-refractivity contribution in [1.29, 1.82) is 0 Å². The zero-order valence-electron chi connectivity index (χ0n) is 15.6. The third kappa shape index (κ3) is 8.01. The van der Waals surface area contributed by atoms with Gasteiger partial charge in [-0.3, -0.25) is 14.5 Å². The molecule has 0 aromatic rings. The van der Waals surface area contributed by atoms with Crippen molar-refractivity contribution >= 4 is 11.8 Å². The molecule has 0 bridgehead atoms. The molecule has 0 radical (unpaired) electrons. The van der Waals surface area contributed by atoms with Gasteiger partial charge in [-0.15, -0.1) is 0 Å². The van der Waals surface area contributed by atoms with Gasteiger partial charge in [-0.05, 0) is 32.1 Å². The maximum absolute atomic E-state index is 12.0. The number of amides is 2. The highest BCUT2D eigenvalue weighted by molar-refractivity contribution is 5.78. The first-order chi connectivity index (χ1) is 12.1. The average molecular weight is 351 g/mol. The van der Waals surface area contributed by atoms with Crippen LogP contribution in [0, 0.1) is 0 Å². The molecule has 2 aliphatic rings. The van der Waals surface area contributed by atoms with Crippen LogP contribution in [-0.4, -0.2) is 74.1 Å². The summed E-state index contributed by atoms with van der Waals surface area (Å²) in [4.78, 5) is 27.9. The second-order valence-electron chi connectivity index (χ2n) is 6.92. The first-order valence-corrected chi connectivity index (χ1v) is 9.65. The molecule has 2 rings (SSSR count). The lowest BCUT2D eigenvalue weighted by atomic mass is 9.97. The van der Waals surface area contributed by atoms with Crippen LogP contribution in [0.5, 0.6) is 0 Å². The van der Waals surface area contributed by atoms with Crippen molar-refractivity contribution in [3.63, 3.8) is 0 Å². The molecule has 1 aliphatic carbocycles. The fourth-order valence-electron chi connectivity index (χ4n) is 3.34. The number of nitrogens with zero attached hydrogens (tertiary/aromatic N) is 2. The minimum Gasteiger partial charge on any atom is -0.379 e. The van der Waals surface area contributed by atoms with Crippen LogP contribution in [0.3, 0.4) is 0 Å². The Hall–Kier alpha value is -1.40. The van der Waals surface area contributed by atoms with Crippen molar-refractivity contribution in [3.8, 4) is 0 Å². The molecule has 0 spiro atoms. The Morgan fingerprint density at radius 3 is 2.72 bits per heavy atom. The smallest absolute Gasteiger partial charge is 0.221 e. The fraction of sp³-hybridized carbons (Fsp3) is 0.789. The second-order valence-corrected chi connectivity index (χ2v) is 6.92. The quantitative estimate of drug-likeness (QED) is 0.641. The Morgan fingerprint density at radius 1 is 1.24 bits per heavy atom. The highest BCUT2D eigenvalue weighted by Crippen LogP contribution is 2.20. The molecule has 1 N–H and O–H groups in total. The van der Waals surface area contributed by atoms with Gasteiger partial charge in [0.25, 0.3) is 0 Å². The molecule has 0 atom stereocenters. The van der Waals surface area contributed by atoms with E-state index < -0.39 is 0 Å². The van der Waals surface area contributed by atoms with Crippen molar-refractivity contribution in [2.45, 2.75) is 45.4 Å². The Morgan fingerprint density at radius 2 is 2.04 bits per heavy atom. The first-order valence-electron chi connectivity index (χ1n) is 9.65. The Kier molecular flexibility index (Phi) is 8.97. The van der Waals surface area contributed by atoms with Gasteiger partial charge >= 0.3 is 0 Å². The van der Waals surface area contributed by atoms with Gasteiger partial charge in [0.05, 0.1) is 13.2 Å². The predicted molar refractivity (Wildman–Crippen MR) is 98.3 cm³/mol. The highest BCUT2D eigenvalue weighted by Gasteiger charge is 2.14. The number of hydrogen-bond donors (Lipinski definition) is 1. The number of ether oxygens (including phenoxy) is 1. The summed E-state index contributed by atoms with van der Waals surface area (Å²) >= 11 is 0. The summed E-state index contributed by atoms with van der Waals surface area (Å²) in [5.74, 6) is 0.0777. The summed E-state index contributed by atoms with van der Waals surface area (Å²) in [7, 11) is 0. The largest absolute Gasteiger partial charge is 0.379 e. The zero-order valence-corrected chi connectivity index (χ0v) is 15.6. The van der Waals surface area contributed by atoms with E-state index in [2.05, 4.69) is 16.3 Å². The topological polar surface area (TPSA) is 61.9 Å². The number of morpholine rings is 1. The molecule has 0 aromatic heterocycles. The van der Waals surface area contributed by atoms with Gasteiger partial charge in [-0.25, -0.2) is 0 Å². The second kappa shape index (κ2) is 11.3. The maximum atomic E-state index is 12.0. The van der Waals surface area contributed by atoms with Gasteiger partial charge in [0.15, 0.2) is 0 Å². The van der Waals surface area contributed by atoms with Crippen LogP contribution in [0.1, 0.15) is 45.4 Å². The fourth-order valence-corrected chi connectivity index (χ4v) is 3.34. The van der Waals surface area contributed by atoms with Crippen LogP contribution < -0.4 is 5.32 Å². The molecule has 2 amide bonds. The molecule has 0 saturated carbocycles. The van der Waals surface area contributed by atoms with Gasteiger partial charge in [-0.2, -0.15) is 0 Å². The van der Waals surface area contributed by atoms with Crippen molar-refractivity contribution in [1.82, 2.24) is 15.1 Å². The number of allylic oxidation sites excluding steroid dienone is 1. The minimum absolute atomic E-state index is 0.0244. The zero-order chi connectivity index (χ0) is 17.9. The number of nitrogens with one attached hydrogen (secondary N) is 1. The van der Waals surface area contributed by atoms with Crippen LogP contribution in [0.2, 0.25) is 0 Å². The Bertz CT molecular complexity index is 459. The summed E-state index contributed by atoms with van der Waals surface area (Å²) in [5, 5.41) is 2.96. The van der Waals surface area contributed by atoms with Gasteiger partial charge < -0.3 is 15.0 Å². The number of carbonyl (C=O) groups excluding carboxylic acids is 2. The SMILES string of the molecule is CC(=O)N(CCC(=O)NCCN1CCOCC1)CCC1=CCCCC1. The van der Waals surface area contributed by atoms with Crippen molar-refractivity contribution in [2.75, 3.05) is 52.5 Å². The molecule has 6 heteroatoms. The average Bonchev–Trinajstić information content (AvgIpc) is 2.63. The monoisotopic (exact) mass is 351 g/mol. The van der Waals surface area contributed by atoms with E-state index in [-0.39, 0.29) is 11.8 Å². The first kappa shape index (κ1) is 19.9. The molecule has 25 heavy (non-hydrogen) atoms. The molecular weight excluding hydrogens is 318 g/mol. The lowest BCUT2D eigenvalue weighted by molar-refractivity contribution is -0.129. The highest BCUT2D eigenvalue weighted by atomic mass is 16.5. The van der Waals surface area contributed by atoms with E-state index in [1.807, 2.05) is 0 Å². The minimum atomic E-state index is 0.0244. The standard InChI is InChI=1S/C19H33N3O3/c1-17(23)22(10-7-18-5-3-2-4-6-18)11-8-19(24)20-9-12-21-13-15-25-16-14-21/h5H,2-4,6-16H2,1H3,(H,20,24). The molecule has 1 fully saturated rings. The molecule has 142 valence electrons. The number of hydrogen-bond acceptors (Lipinski definition) is 4. The number of rotatable bonds is 9. The van der Waals surface area contributed by atoms with E-state index in [1.54, 1.807) is 11.8 Å². The third-order valence-electron chi connectivity index (χ3n) is 5.00.